The SMILES string of the molecule is CC1CC(=O)CCN1Cc1cncs1. The van der Waals surface area contributed by atoms with Crippen LogP contribution in [0.2, 0.25) is 0 Å². The van der Waals surface area contributed by atoms with Crippen LogP contribution in [0.3, 0.4) is 0 Å². The number of hydrogen-bond acceptors (Lipinski definition) is 4. The Kier molecular flexibility index (Phi) is 2.93. The van der Waals surface area contributed by atoms with Gasteiger partial charge in [-0.1, -0.05) is 0 Å². The lowest BCUT2D eigenvalue weighted by molar-refractivity contribution is -0.123. The van der Waals surface area contributed by atoms with Gasteiger partial charge in [0.25, 0.3) is 0 Å². The highest BCUT2D eigenvalue weighted by molar-refractivity contribution is 7.09. The Morgan fingerprint density at radius 3 is 3.21 bits per heavy atom. The topological polar surface area (TPSA) is 33.2 Å². The van der Waals surface area contributed by atoms with Crippen molar-refractivity contribution in [3.63, 3.8) is 0 Å². The van der Waals surface area contributed by atoms with Crippen LogP contribution >= 0.6 is 11.3 Å². The molecule has 0 aliphatic carbocycles. The van der Waals surface area contributed by atoms with Gasteiger partial charge in [-0.25, -0.2) is 0 Å². The zero-order chi connectivity index (χ0) is 9.97. The maximum atomic E-state index is 11.2. The normalized spacial score (nSPS) is 24.1. The number of piperidine rings is 1. The first kappa shape index (κ1) is 9.80. The van der Waals surface area contributed by atoms with E-state index in [2.05, 4.69) is 16.8 Å². The summed E-state index contributed by atoms with van der Waals surface area (Å²) in [6.45, 7) is 3.97. The van der Waals surface area contributed by atoms with Crippen molar-refractivity contribution in [2.24, 2.45) is 0 Å². The third-order valence-electron chi connectivity index (χ3n) is 2.67. The first-order chi connectivity index (χ1) is 6.75. The Morgan fingerprint density at radius 1 is 1.71 bits per heavy atom. The molecule has 0 spiro atoms. The van der Waals surface area contributed by atoms with Gasteiger partial charge in [0.2, 0.25) is 0 Å². The van der Waals surface area contributed by atoms with Gasteiger partial charge in [-0.05, 0) is 6.92 Å². The number of likely N-dealkylation sites (tertiary alicyclic amines) is 1. The summed E-state index contributed by atoms with van der Waals surface area (Å²) in [6.07, 6.45) is 3.33. The smallest absolute Gasteiger partial charge is 0.135 e. The third-order valence-corrected chi connectivity index (χ3v) is 3.43. The molecule has 1 aromatic heterocycles. The summed E-state index contributed by atoms with van der Waals surface area (Å²) in [7, 11) is 0. The molecule has 1 aliphatic heterocycles. The summed E-state index contributed by atoms with van der Waals surface area (Å²) in [5.74, 6) is 0.401. The van der Waals surface area contributed by atoms with Gasteiger partial charge in [-0.3, -0.25) is 14.7 Å². The maximum absolute atomic E-state index is 11.2. The molecule has 1 aromatic rings. The predicted molar refractivity (Wildman–Crippen MR) is 56.2 cm³/mol. The van der Waals surface area contributed by atoms with Crippen LogP contribution in [0.25, 0.3) is 0 Å². The van der Waals surface area contributed by atoms with Gasteiger partial charge in [0.1, 0.15) is 5.78 Å². The average Bonchev–Trinajstić information content (AvgIpc) is 2.62. The van der Waals surface area contributed by atoms with E-state index in [1.165, 1.54) is 4.88 Å². The van der Waals surface area contributed by atoms with E-state index in [9.17, 15) is 4.79 Å². The van der Waals surface area contributed by atoms with Crippen molar-refractivity contribution in [3.8, 4) is 0 Å². The van der Waals surface area contributed by atoms with E-state index >= 15 is 0 Å². The molecule has 0 N–H and O–H groups in total. The molecule has 0 aromatic carbocycles. The first-order valence-electron chi connectivity index (χ1n) is 4.89. The van der Waals surface area contributed by atoms with Gasteiger partial charge < -0.3 is 0 Å². The summed E-state index contributed by atoms with van der Waals surface area (Å²) in [5.41, 5.74) is 1.86. The number of hydrogen-bond donors (Lipinski definition) is 0. The fourth-order valence-corrected chi connectivity index (χ4v) is 2.42. The Hall–Kier alpha value is -0.740. The van der Waals surface area contributed by atoms with Gasteiger partial charge in [0.05, 0.1) is 5.51 Å². The second kappa shape index (κ2) is 4.19. The molecule has 76 valence electrons. The van der Waals surface area contributed by atoms with Crippen molar-refractivity contribution in [2.45, 2.75) is 32.4 Å². The van der Waals surface area contributed by atoms with Crippen LogP contribution in [0.5, 0.6) is 0 Å². The molecule has 1 fully saturated rings. The van der Waals surface area contributed by atoms with Crippen LogP contribution < -0.4 is 0 Å². The Balaban J connectivity index is 1.95. The Bertz CT molecular complexity index is 310. The molecule has 0 radical (unpaired) electrons. The number of ketones is 1. The fraction of sp³-hybridized carbons (Fsp3) is 0.600. The molecular weight excluding hydrogens is 196 g/mol. The first-order valence-corrected chi connectivity index (χ1v) is 5.77. The number of Topliss-reactive ketones (excluding diaryl/α,β-unsaturated/α-hetero) is 1. The van der Waals surface area contributed by atoms with Crippen molar-refractivity contribution >= 4 is 17.1 Å². The molecule has 1 saturated heterocycles. The number of nitrogens with zero attached hydrogens (tertiary/aromatic N) is 2. The van der Waals surface area contributed by atoms with Crippen molar-refractivity contribution in [1.29, 1.82) is 0 Å². The number of thiazole rings is 1. The summed E-state index contributed by atoms with van der Waals surface area (Å²) in [4.78, 5) is 18.9. The quantitative estimate of drug-likeness (QED) is 0.745. The Morgan fingerprint density at radius 2 is 2.57 bits per heavy atom. The monoisotopic (exact) mass is 210 g/mol. The highest BCUT2D eigenvalue weighted by atomic mass is 32.1. The molecule has 1 aliphatic rings. The maximum Gasteiger partial charge on any atom is 0.135 e. The van der Waals surface area contributed by atoms with E-state index in [4.69, 9.17) is 0 Å². The van der Waals surface area contributed by atoms with Gasteiger partial charge in [0.15, 0.2) is 0 Å². The summed E-state index contributed by atoms with van der Waals surface area (Å²) in [6, 6.07) is 0.387. The molecular formula is C10H14N2OS. The van der Waals surface area contributed by atoms with E-state index in [0.717, 1.165) is 13.1 Å². The van der Waals surface area contributed by atoms with Crippen LogP contribution in [0.4, 0.5) is 0 Å². The Labute approximate surface area is 87.8 Å². The lowest BCUT2D eigenvalue weighted by Crippen LogP contribution is -2.40. The van der Waals surface area contributed by atoms with Gasteiger partial charge in [0, 0.05) is 43.0 Å². The van der Waals surface area contributed by atoms with Gasteiger partial charge in [-0.2, -0.15) is 0 Å². The van der Waals surface area contributed by atoms with Gasteiger partial charge in [-0.15, -0.1) is 11.3 Å². The van der Waals surface area contributed by atoms with Gasteiger partial charge >= 0.3 is 0 Å². The second-order valence-electron chi connectivity index (χ2n) is 3.78. The summed E-state index contributed by atoms with van der Waals surface area (Å²) < 4.78 is 0. The van der Waals surface area contributed by atoms with E-state index in [1.807, 2.05) is 11.7 Å². The molecule has 0 saturated carbocycles. The van der Waals surface area contributed by atoms with Crippen LogP contribution in [0.15, 0.2) is 11.7 Å². The van der Waals surface area contributed by atoms with Crippen molar-refractivity contribution in [2.75, 3.05) is 6.54 Å². The minimum atomic E-state index is 0.387. The molecule has 1 unspecified atom stereocenters. The van der Waals surface area contributed by atoms with Crippen molar-refractivity contribution in [1.82, 2.24) is 9.88 Å². The number of carbonyl (C=O) groups is 1. The fourth-order valence-electron chi connectivity index (χ4n) is 1.80. The lowest BCUT2D eigenvalue weighted by Gasteiger charge is -2.31. The molecule has 4 heteroatoms. The molecule has 2 heterocycles. The minimum absolute atomic E-state index is 0.387. The van der Waals surface area contributed by atoms with Crippen molar-refractivity contribution < 1.29 is 4.79 Å². The zero-order valence-electron chi connectivity index (χ0n) is 8.27. The third kappa shape index (κ3) is 2.19. The zero-order valence-corrected chi connectivity index (χ0v) is 9.09. The average molecular weight is 210 g/mol. The number of aromatic nitrogens is 1. The summed E-state index contributed by atoms with van der Waals surface area (Å²) >= 11 is 1.68. The highest BCUT2D eigenvalue weighted by Crippen LogP contribution is 2.18. The predicted octanol–water partition coefficient (Wildman–Crippen LogP) is 1.70. The van der Waals surface area contributed by atoms with Crippen LogP contribution in [0, 0.1) is 0 Å². The van der Waals surface area contributed by atoms with Crippen LogP contribution in [-0.2, 0) is 11.3 Å². The minimum Gasteiger partial charge on any atom is -0.300 e. The standard InChI is InChI=1S/C10H14N2OS/c1-8-4-9(13)2-3-12(8)6-10-5-11-7-14-10/h5,7-8H,2-4,6H2,1H3. The molecule has 3 nitrogen and oxygen atoms in total. The van der Waals surface area contributed by atoms with Crippen LogP contribution in [-0.4, -0.2) is 28.3 Å². The van der Waals surface area contributed by atoms with E-state index < -0.39 is 0 Å². The molecule has 14 heavy (non-hydrogen) atoms. The number of carbonyl (C=O) groups excluding carboxylic acids is 1. The van der Waals surface area contributed by atoms with Crippen molar-refractivity contribution in [3.05, 3.63) is 16.6 Å². The molecule has 1 atom stereocenters. The number of rotatable bonds is 2. The summed E-state index contributed by atoms with van der Waals surface area (Å²) in [5, 5.41) is 0. The largest absolute Gasteiger partial charge is 0.300 e. The van der Waals surface area contributed by atoms with E-state index in [-0.39, 0.29) is 0 Å². The molecule has 0 bridgehead atoms. The van der Waals surface area contributed by atoms with Crippen LogP contribution in [0.1, 0.15) is 24.6 Å². The van der Waals surface area contributed by atoms with E-state index in [1.54, 1.807) is 11.3 Å². The van der Waals surface area contributed by atoms with E-state index in [0.29, 0.717) is 24.7 Å². The molecule has 2 rings (SSSR count). The lowest BCUT2D eigenvalue weighted by atomic mass is 10.0. The second-order valence-corrected chi connectivity index (χ2v) is 4.75. The highest BCUT2D eigenvalue weighted by Gasteiger charge is 2.23. The molecule has 0 amide bonds.